The van der Waals surface area contributed by atoms with Crippen LogP contribution in [0.1, 0.15) is 25.0 Å². The number of nitrogen functional groups attached to an aromatic ring is 1. The first-order chi connectivity index (χ1) is 18.6. The summed E-state index contributed by atoms with van der Waals surface area (Å²) in [5.74, 6) is 7.21. The van der Waals surface area contributed by atoms with Crippen LogP contribution in [0.4, 0.5) is 17.2 Å². The van der Waals surface area contributed by atoms with Gasteiger partial charge in [-0.3, -0.25) is 4.90 Å². The molecule has 4 fully saturated rings. The molecule has 38 heavy (non-hydrogen) atoms. The number of likely N-dealkylation sites (tertiary alicyclic amines) is 1. The largest absolute Gasteiger partial charge is 0.507 e. The summed E-state index contributed by atoms with van der Waals surface area (Å²) in [6, 6.07) is 14.6. The fourth-order valence-corrected chi connectivity index (χ4v) is 6.51. The van der Waals surface area contributed by atoms with Gasteiger partial charge in [-0.05, 0) is 55.5 Å². The molecule has 2 aromatic heterocycles. The normalized spacial score (nSPS) is 26.0. The zero-order valence-electron chi connectivity index (χ0n) is 21.2. The number of piperazine rings is 1. The van der Waals surface area contributed by atoms with Crippen molar-refractivity contribution >= 4 is 17.2 Å². The van der Waals surface area contributed by atoms with E-state index in [1.54, 1.807) is 12.1 Å². The number of hydrogen-bond donors (Lipinski definition) is 2. The molecule has 0 amide bonds. The van der Waals surface area contributed by atoms with Gasteiger partial charge in [0.05, 0.1) is 24.0 Å². The second-order valence-corrected chi connectivity index (χ2v) is 10.6. The van der Waals surface area contributed by atoms with Crippen LogP contribution in [-0.4, -0.2) is 82.2 Å². The Morgan fingerprint density at radius 3 is 2.68 bits per heavy atom. The third kappa shape index (κ3) is 4.10. The highest BCUT2D eigenvalue weighted by molar-refractivity contribution is 5.74. The molecule has 2 bridgehead atoms. The number of anilines is 3. The molecule has 4 atom stereocenters. The Morgan fingerprint density at radius 1 is 1.03 bits per heavy atom. The van der Waals surface area contributed by atoms with Gasteiger partial charge in [-0.15, -0.1) is 10.2 Å². The number of nitrogens with zero attached hydrogens (tertiary/aromatic N) is 6. The number of aromatic hydroxyl groups is 1. The van der Waals surface area contributed by atoms with Gasteiger partial charge in [0, 0.05) is 61.8 Å². The smallest absolute Gasteiger partial charge is 0.169 e. The Balaban J connectivity index is 1.07. The summed E-state index contributed by atoms with van der Waals surface area (Å²) in [5.41, 5.74) is 10.4. The lowest BCUT2D eigenvalue weighted by molar-refractivity contribution is -0.0317. The number of rotatable bonds is 4. The molecule has 0 aliphatic carbocycles. The average molecular weight is 510 g/mol. The Bertz CT molecular complexity index is 1410. The van der Waals surface area contributed by atoms with E-state index < -0.39 is 0 Å². The number of pyridine rings is 1. The minimum atomic E-state index is 0.181. The maximum absolute atomic E-state index is 10.3. The van der Waals surface area contributed by atoms with E-state index in [9.17, 15) is 5.11 Å². The van der Waals surface area contributed by atoms with Crippen LogP contribution in [0.15, 0.2) is 48.7 Å². The lowest BCUT2D eigenvalue weighted by Crippen LogP contribution is -2.57. The Labute approximate surface area is 222 Å². The van der Waals surface area contributed by atoms with Crippen LogP contribution in [0.2, 0.25) is 0 Å². The third-order valence-electron chi connectivity index (χ3n) is 8.40. The van der Waals surface area contributed by atoms with Gasteiger partial charge in [0.25, 0.3) is 0 Å². The molecule has 0 saturated carbocycles. The van der Waals surface area contributed by atoms with Gasteiger partial charge in [-0.2, -0.15) is 0 Å². The van der Waals surface area contributed by atoms with E-state index in [4.69, 9.17) is 10.5 Å². The molecule has 0 radical (unpaired) electrons. The summed E-state index contributed by atoms with van der Waals surface area (Å²) in [6.07, 6.45) is 5.65. The molecule has 4 saturated heterocycles. The Morgan fingerprint density at radius 2 is 1.87 bits per heavy atom. The van der Waals surface area contributed by atoms with Crippen molar-refractivity contribution in [2.75, 3.05) is 48.3 Å². The van der Waals surface area contributed by atoms with E-state index in [2.05, 4.69) is 53.9 Å². The van der Waals surface area contributed by atoms with E-state index in [0.717, 1.165) is 63.4 Å². The highest BCUT2D eigenvalue weighted by atomic mass is 16.5. The molecular formula is C29H31N7O2. The van der Waals surface area contributed by atoms with Gasteiger partial charge in [0.15, 0.2) is 5.82 Å². The molecule has 0 spiro atoms. The number of phenols is 1. The first-order valence-electron chi connectivity index (χ1n) is 13.4. The zero-order valence-corrected chi connectivity index (χ0v) is 21.2. The number of fused-ring (bicyclic) bond motifs is 3. The second kappa shape index (κ2) is 9.46. The van der Waals surface area contributed by atoms with Gasteiger partial charge in [0.1, 0.15) is 11.4 Å². The van der Waals surface area contributed by atoms with Crippen LogP contribution in [0.25, 0.3) is 11.3 Å². The van der Waals surface area contributed by atoms with Crippen LogP contribution in [0.5, 0.6) is 5.75 Å². The molecular weight excluding hydrogens is 478 g/mol. The average Bonchev–Trinajstić information content (AvgIpc) is 3.43. The minimum absolute atomic E-state index is 0.181. The standard InChI is InChI=1S/C29H31N7O2/c30-29-26(15-24(32-33-29)23-5-1-2-6-27(23)37)35-16-21-7-8-22(17-35)36(21)20-9-11-31-19(14-20)4-3-12-34-18-28-25(34)10-13-38-28/h1-2,5-6,9,11,14-15,21-22,25,28,37H,7-8,10,12-13,16-18H2,(H2,30,33)/t21?,22?,25-,28-/m1/s1. The van der Waals surface area contributed by atoms with Crippen molar-refractivity contribution in [3.8, 4) is 28.8 Å². The quantitative estimate of drug-likeness (QED) is 0.514. The zero-order chi connectivity index (χ0) is 25.6. The highest BCUT2D eigenvalue weighted by Crippen LogP contribution is 2.39. The third-order valence-corrected chi connectivity index (χ3v) is 8.40. The number of para-hydroxylation sites is 1. The molecule has 3 aromatic rings. The number of phenolic OH excluding ortho intramolecular Hbond substituents is 1. The maximum Gasteiger partial charge on any atom is 0.169 e. The molecule has 1 aromatic carbocycles. The SMILES string of the molecule is Nc1nnc(-c2ccccc2O)cc1N1CC2CCC(C1)N2c1ccnc(C#CCN2C[C@H]3OCC[C@H]32)c1. The van der Waals surface area contributed by atoms with Gasteiger partial charge < -0.3 is 25.4 Å². The van der Waals surface area contributed by atoms with Crippen molar-refractivity contribution in [3.63, 3.8) is 0 Å². The van der Waals surface area contributed by atoms with Crippen molar-refractivity contribution in [2.24, 2.45) is 0 Å². The fraction of sp³-hybridized carbons (Fsp3) is 0.414. The van der Waals surface area contributed by atoms with E-state index >= 15 is 0 Å². The molecule has 4 aliphatic rings. The first kappa shape index (κ1) is 23.3. The molecule has 4 aliphatic heterocycles. The van der Waals surface area contributed by atoms with Crippen LogP contribution in [0.3, 0.4) is 0 Å². The van der Waals surface area contributed by atoms with E-state index in [1.807, 2.05) is 24.4 Å². The summed E-state index contributed by atoms with van der Waals surface area (Å²) in [4.78, 5) is 11.8. The molecule has 2 unspecified atom stereocenters. The topological polar surface area (TPSA) is 104 Å². The summed E-state index contributed by atoms with van der Waals surface area (Å²) in [6.45, 7) is 4.32. The summed E-state index contributed by atoms with van der Waals surface area (Å²) < 4.78 is 5.69. The number of aromatic nitrogens is 3. The van der Waals surface area contributed by atoms with E-state index in [-0.39, 0.29) is 5.75 Å². The fourth-order valence-electron chi connectivity index (χ4n) is 6.51. The predicted molar refractivity (Wildman–Crippen MR) is 146 cm³/mol. The molecule has 9 nitrogen and oxygen atoms in total. The first-order valence-corrected chi connectivity index (χ1v) is 13.4. The van der Waals surface area contributed by atoms with Crippen molar-refractivity contribution in [2.45, 2.75) is 43.5 Å². The summed E-state index contributed by atoms with van der Waals surface area (Å²) >= 11 is 0. The van der Waals surface area contributed by atoms with Crippen molar-refractivity contribution in [3.05, 3.63) is 54.4 Å². The monoisotopic (exact) mass is 509 g/mol. The van der Waals surface area contributed by atoms with Crippen molar-refractivity contribution in [1.29, 1.82) is 0 Å². The molecule has 9 heteroatoms. The van der Waals surface area contributed by atoms with Gasteiger partial charge in [-0.1, -0.05) is 18.1 Å². The van der Waals surface area contributed by atoms with Gasteiger partial charge >= 0.3 is 0 Å². The lowest BCUT2D eigenvalue weighted by Gasteiger charge is -2.43. The number of benzene rings is 1. The van der Waals surface area contributed by atoms with Crippen LogP contribution in [-0.2, 0) is 4.74 Å². The molecule has 7 rings (SSSR count). The molecule has 194 valence electrons. The number of hydrogen-bond acceptors (Lipinski definition) is 9. The van der Waals surface area contributed by atoms with E-state index in [0.29, 0.717) is 41.3 Å². The molecule has 3 N–H and O–H groups in total. The highest BCUT2D eigenvalue weighted by Gasteiger charge is 2.43. The Hall–Kier alpha value is -3.87. The van der Waals surface area contributed by atoms with Gasteiger partial charge in [0.2, 0.25) is 0 Å². The van der Waals surface area contributed by atoms with Crippen LogP contribution < -0.4 is 15.5 Å². The van der Waals surface area contributed by atoms with Crippen molar-refractivity contribution < 1.29 is 9.84 Å². The lowest BCUT2D eigenvalue weighted by atomic mass is 9.99. The minimum Gasteiger partial charge on any atom is -0.507 e. The van der Waals surface area contributed by atoms with Crippen LogP contribution in [0, 0.1) is 11.8 Å². The second-order valence-electron chi connectivity index (χ2n) is 10.6. The summed E-state index contributed by atoms with van der Waals surface area (Å²) in [7, 11) is 0. The number of ether oxygens (including phenoxy) is 1. The molecule has 6 heterocycles. The maximum atomic E-state index is 10.3. The van der Waals surface area contributed by atoms with Crippen LogP contribution >= 0.6 is 0 Å². The van der Waals surface area contributed by atoms with E-state index in [1.165, 1.54) is 5.69 Å². The van der Waals surface area contributed by atoms with Gasteiger partial charge in [-0.25, -0.2) is 4.98 Å². The number of nitrogens with two attached hydrogens (primary N) is 1. The predicted octanol–water partition coefficient (Wildman–Crippen LogP) is 2.51. The van der Waals surface area contributed by atoms with Crippen molar-refractivity contribution in [1.82, 2.24) is 20.1 Å². The Kier molecular flexibility index (Phi) is 5.79. The summed E-state index contributed by atoms with van der Waals surface area (Å²) in [5, 5.41) is 18.8.